The van der Waals surface area contributed by atoms with E-state index < -0.39 is 0 Å². The van der Waals surface area contributed by atoms with Crippen LogP contribution in [0.15, 0.2) is 60.9 Å². The van der Waals surface area contributed by atoms with E-state index in [1.54, 1.807) is 30.5 Å². The molecular weight excluding hydrogens is 479 g/mol. The molecule has 9 heteroatoms. The van der Waals surface area contributed by atoms with Crippen molar-refractivity contribution in [3.8, 4) is 22.8 Å². The van der Waals surface area contributed by atoms with Crippen molar-refractivity contribution in [1.82, 2.24) is 14.4 Å². The molecule has 6 rings (SSSR count). The number of phenolic OH excluding ortho intramolecular Hbond substituents is 2. The Morgan fingerprint density at radius 3 is 2.03 bits per heavy atom. The third-order valence-electron chi connectivity index (χ3n) is 7.89. The first-order valence-electron chi connectivity index (χ1n) is 13.1. The summed E-state index contributed by atoms with van der Waals surface area (Å²) in [5, 5.41) is 18.7. The van der Waals surface area contributed by atoms with Crippen LogP contribution in [0.25, 0.3) is 16.8 Å². The van der Waals surface area contributed by atoms with Gasteiger partial charge in [-0.05, 0) is 82.4 Å². The molecular formula is C29H35BN4O4. The fourth-order valence-corrected chi connectivity index (χ4v) is 4.99. The Balaban J connectivity index is 0.000000163. The number of nitrogens with two attached hydrogens (primary N) is 1. The van der Waals surface area contributed by atoms with Crippen molar-refractivity contribution in [2.24, 2.45) is 0 Å². The summed E-state index contributed by atoms with van der Waals surface area (Å²) in [6, 6.07) is 14.0. The summed E-state index contributed by atoms with van der Waals surface area (Å²) in [6.45, 7) is 8.08. The molecule has 4 N–H and O–H groups in total. The van der Waals surface area contributed by atoms with Gasteiger partial charge >= 0.3 is 7.12 Å². The number of phenols is 2. The van der Waals surface area contributed by atoms with E-state index in [-0.39, 0.29) is 29.8 Å². The summed E-state index contributed by atoms with van der Waals surface area (Å²) in [5.74, 6) is 2.54. The molecule has 2 aliphatic rings. The van der Waals surface area contributed by atoms with Crippen LogP contribution in [0.3, 0.4) is 0 Å². The highest BCUT2D eigenvalue weighted by atomic mass is 16.7. The Kier molecular flexibility index (Phi) is 6.83. The first kappa shape index (κ1) is 26.1. The van der Waals surface area contributed by atoms with Crippen molar-refractivity contribution < 1.29 is 19.5 Å². The minimum Gasteiger partial charge on any atom is -0.508 e. The van der Waals surface area contributed by atoms with Gasteiger partial charge in [-0.1, -0.05) is 25.0 Å². The normalized spacial score (nSPS) is 18.5. The number of nitrogen functional groups attached to an aromatic ring is 1. The minimum atomic E-state index is -0.356. The summed E-state index contributed by atoms with van der Waals surface area (Å²) in [6.07, 6.45) is 8.54. The van der Waals surface area contributed by atoms with E-state index in [1.165, 1.54) is 25.7 Å². The molecule has 2 aromatic heterocycles. The van der Waals surface area contributed by atoms with Crippen LogP contribution >= 0.6 is 0 Å². The molecule has 1 aliphatic carbocycles. The molecule has 3 heterocycles. The van der Waals surface area contributed by atoms with Crippen LogP contribution in [0.5, 0.6) is 11.5 Å². The van der Waals surface area contributed by atoms with Crippen LogP contribution < -0.4 is 11.2 Å². The van der Waals surface area contributed by atoms with Gasteiger partial charge in [-0.25, -0.2) is 9.97 Å². The largest absolute Gasteiger partial charge is 0.508 e. The zero-order chi connectivity index (χ0) is 27.1. The van der Waals surface area contributed by atoms with E-state index in [4.69, 9.17) is 20.0 Å². The maximum Gasteiger partial charge on any atom is 0.494 e. The van der Waals surface area contributed by atoms with Crippen LogP contribution in [-0.4, -0.2) is 42.9 Å². The highest BCUT2D eigenvalue weighted by Crippen LogP contribution is 2.38. The molecule has 2 aromatic carbocycles. The Morgan fingerprint density at radius 2 is 1.45 bits per heavy atom. The molecule has 8 nitrogen and oxygen atoms in total. The molecule has 0 atom stereocenters. The van der Waals surface area contributed by atoms with Gasteiger partial charge in [0.25, 0.3) is 0 Å². The lowest BCUT2D eigenvalue weighted by Gasteiger charge is -2.32. The number of anilines is 1. The number of aromatic hydroxyl groups is 2. The van der Waals surface area contributed by atoms with Gasteiger partial charge in [-0.2, -0.15) is 0 Å². The Morgan fingerprint density at radius 1 is 0.895 bits per heavy atom. The Labute approximate surface area is 223 Å². The second kappa shape index (κ2) is 9.96. The number of imidazole rings is 1. The molecule has 2 fully saturated rings. The number of hydrogen-bond donors (Lipinski definition) is 3. The van der Waals surface area contributed by atoms with Gasteiger partial charge < -0.3 is 25.3 Å². The summed E-state index contributed by atoms with van der Waals surface area (Å²) in [4.78, 5) is 9.11. The standard InChI is InChI=1S/C17H18N4O.C12H17BO3/c18-16-15-14(11-5-7-13(22)8-6-11)20-17(12-3-1-2-4-12)21(15)10-9-19-16;1-11(2)12(3,4)16-13(15-11)9-5-7-10(14)8-6-9/h5-10,12,22H,1-4H2,(H2,18,19);5-8,14H,1-4H3. The lowest BCUT2D eigenvalue weighted by Crippen LogP contribution is -2.41. The van der Waals surface area contributed by atoms with E-state index >= 15 is 0 Å². The van der Waals surface area contributed by atoms with Gasteiger partial charge in [0.15, 0.2) is 0 Å². The van der Waals surface area contributed by atoms with Crippen molar-refractivity contribution in [2.45, 2.75) is 70.5 Å². The predicted octanol–water partition coefficient (Wildman–Crippen LogP) is 5.03. The molecule has 0 spiro atoms. The predicted molar refractivity (Wildman–Crippen MR) is 150 cm³/mol. The topological polar surface area (TPSA) is 115 Å². The first-order chi connectivity index (χ1) is 18.1. The van der Waals surface area contributed by atoms with Gasteiger partial charge in [0.05, 0.1) is 11.2 Å². The number of rotatable bonds is 3. The molecule has 1 aliphatic heterocycles. The zero-order valence-electron chi connectivity index (χ0n) is 22.4. The molecule has 198 valence electrons. The van der Waals surface area contributed by atoms with Crippen molar-refractivity contribution in [1.29, 1.82) is 0 Å². The maximum absolute atomic E-state index is 9.49. The SMILES string of the molecule is CC1(C)OB(c2ccc(O)cc2)OC1(C)C.Nc1nccn2c(C3CCCC3)nc(-c3ccc(O)cc3)c12. The summed E-state index contributed by atoms with van der Waals surface area (Å²) in [7, 11) is -0.356. The van der Waals surface area contributed by atoms with Crippen LogP contribution in [0.4, 0.5) is 5.82 Å². The Hall–Kier alpha value is -3.56. The number of hydrogen-bond acceptors (Lipinski definition) is 7. The number of aromatic nitrogens is 3. The second-order valence-electron chi connectivity index (χ2n) is 11.1. The van der Waals surface area contributed by atoms with E-state index in [9.17, 15) is 10.2 Å². The first-order valence-corrected chi connectivity index (χ1v) is 13.1. The number of fused-ring (bicyclic) bond motifs is 1. The third kappa shape index (κ3) is 4.96. The van der Waals surface area contributed by atoms with Crippen LogP contribution in [0.1, 0.15) is 65.1 Å². The molecule has 38 heavy (non-hydrogen) atoms. The van der Waals surface area contributed by atoms with Crippen LogP contribution in [0.2, 0.25) is 0 Å². The van der Waals surface area contributed by atoms with Gasteiger partial charge in [0, 0.05) is 23.9 Å². The van der Waals surface area contributed by atoms with Crippen LogP contribution in [-0.2, 0) is 9.31 Å². The van der Waals surface area contributed by atoms with E-state index in [1.807, 2.05) is 58.2 Å². The van der Waals surface area contributed by atoms with Crippen molar-refractivity contribution in [3.63, 3.8) is 0 Å². The molecule has 1 saturated carbocycles. The molecule has 1 saturated heterocycles. The summed E-state index contributed by atoms with van der Waals surface area (Å²) in [5.41, 5.74) is 9.04. The molecule has 0 amide bonds. The lowest BCUT2D eigenvalue weighted by atomic mass is 9.79. The van der Waals surface area contributed by atoms with E-state index in [2.05, 4.69) is 9.38 Å². The Bertz CT molecular complexity index is 1400. The number of nitrogens with zero attached hydrogens (tertiary/aromatic N) is 3. The minimum absolute atomic E-state index is 0.245. The summed E-state index contributed by atoms with van der Waals surface area (Å²) >= 11 is 0. The zero-order valence-corrected chi connectivity index (χ0v) is 22.4. The van der Waals surface area contributed by atoms with Gasteiger partial charge in [-0.3, -0.25) is 4.40 Å². The van der Waals surface area contributed by atoms with E-state index in [0.717, 1.165) is 28.1 Å². The third-order valence-corrected chi connectivity index (χ3v) is 7.89. The monoisotopic (exact) mass is 514 g/mol. The van der Waals surface area contributed by atoms with Crippen molar-refractivity contribution in [3.05, 3.63) is 66.7 Å². The second-order valence-corrected chi connectivity index (χ2v) is 11.1. The lowest BCUT2D eigenvalue weighted by molar-refractivity contribution is 0.00578. The average Bonchev–Trinajstić information content (AvgIpc) is 3.58. The van der Waals surface area contributed by atoms with Gasteiger partial charge in [0.1, 0.15) is 34.4 Å². The van der Waals surface area contributed by atoms with Crippen LogP contribution in [0, 0.1) is 0 Å². The molecule has 0 bridgehead atoms. The molecule has 0 unspecified atom stereocenters. The highest BCUT2D eigenvalue weighted by molar-refractivity contribution is 6.62. The van der Waals surface area contributed by atoms with Gasteiger partial charge in [0.2, 0.25) is 0 Å². The summed E-state index contributed by atoms with van der Waals surface area (Å²) < 4.78 is 13.9. The van der Waals surface area contributed by atoms with Crippen molar-refractivity contribution in [2.75, 3.05) is 5.73 Å². The molecule has 4 aromatic rings. The fraction of sp³-hybridized carbons (Fsp3) is 0.379. The van der Waals surface area contributed by atoms with Crippen molar-refractivity contribution >= 4 is 23.9 Å². The number of benzene rings is 2. The highest BCUT2D eigenvalue weighted by Gasteiger charge is 2.51. The quantitative estimate of drug-likeness (QED) is 0.329. The molecule has 0 radical (unpaired) electrons. The van der Waals surface area contributed by atoms with E-state index in [0.29, 0.717) is 11.7 Å². The average molecular weight is 514 g/mol. The smallest absolute Gasteiger partial charge is 0.494 e. The van der Waals surface area contributed by atoms with Gasteiger partial charge in [-0.15, -0.1) is 0 Å². The maximum atomic E-state index is 9.49. The fourth-order valence-electron chi connectivity index (χ4n) is 4.99.